The van der Waals surface area contributed by atoms with Gasteiger partial charge in [0.15, 0.2) is 0 Å². The van der Waals surface area contributed by atoms with Crippen molar-refractivity contribution < 1.29 is 19.5 Å². The fraction of sp³-hybridized carbons (Fsp3) is 0. The van der Waals surface area contributed by atoms with Gasteiger partial charge in [0.25, 0.3) is 0 Å². The summed E-state index contributed by atoms with van der Waals surface area (Å²) in [6, 6.07) is 13.4. The van der Waals surface area contributed by atoms with Gasteiger partial charge in [-0.3, -0.25) is 0 Å². The standard InChI is InChI=1S/C32H8Cl8N8.Zn/c33-17-1-9-10(2-18(17)34)26-41-25(9)45-27-11-3-19(35)20(36)4-12(11)29(42-27)47-31-15-7-23(39)24(40)8-16(15)32(44-31)48-30-14-6-22(38)21(37)5-13(14)28(43-30)46-26;/h1-8H;/q-2;+2. The third kappa shape index (κ3) is 5.38. The van der Waals surface area contributed by atoms with Crippen LogP contribution in [-0.4, -0.2) is 29.9 Å². The quantitative estimate of drug-likeness (QED) is 0.139. The van der Waals surface area contributed by atoms with Gasteiger partial charge in [-0.2, -0.15) is 0 Å². The molecular formula is C32H8Cl8N8Zn. The Kier molecular flexibility index (Phi) is 8.27. The van der Waals surface area contributed by atoms with Crippen molar-refractivity contribution in [2.24, 2.45) is 0 Å². The van der Waals surface area contributed by atoms with E-state index < -0.39 is 0 Å². The Morgan fingerprint density at radius 3 is 0.735 bits per heavy atom. The van der Waals surface area contributed by atoms with Gasteiger partial charge < -0.3 is 29.9 Å². The van der Waals surface area contributed by atoms with Crippen LogP contribution in [0.4, 0.5) is 0 Å². The van der Waals surface area contributed by atoms with Gasteiger partial charge in [0.1, 0.15) is 0 Å². The number of fused-ring (bicyclic) bond motifs is 20. The second kappa shape index (κ2) is 12.2. The number of benzene rings is 4. The molecule has 0 spiro atoms. The molecule has 0 radical (unpaired) electrons. The van der Waals surface area contributed by atoms with Crippen molar-refractivity contribution in [3.05, 3.63) is 88.7 Å². The summed E-state index contributed by atoms with van der Waals surface area (Å²) in [5.74, 6) is 1.09. The minimum absolute atomic E-state index is 0. The van der Waals surface area contributed by atoms with Gasteiger partial charge in [-0.05, 0) is 70.1 Å². The smallest absolute Gasteiger partial charge is 0.357 e. The first kappa shape index (κ1) is 33.3. The minimum atomic E-state index is 0. The van der Waals surface area contributed by atoms with Gasteiger partial charge in [-0.1, -0.05) is 92.8 Å². The van der Waals surface area contributed by atoms with Crippen LogP contribution < -0.4 is 9.97 Å². The van der Waals surface area contributed by atoms with Crippen LogP contribution in [0.1, 0.15) is 0 Å². The molecule has 0 aliphatic carbocycles. The molecule has 2 aliphatic rings. The van der Waals surface area contributed by atoms with Crippen molar-refractivity contribution in [1.29, 1.82) is 0 Å². The van der Waals surface area contributed by atoms with Gasteiger partial charge in [0.2, 0.25) is 0 Å². The maximum atomic E-state index is 6.47. The summed E-state index contributed by atoms with van der Waals surface area (Å²) in [7, 11) is 0. The average Bonchev–Trinajstić information content (AvgIpc) is 3.74. The van der Waals surface area contributed by atoms with E-state index in [1.807, 2.05) is 0 Å². The van der Waals surface area contributed by atoms with Crippen molar-refractivity contribution in [2.75, 3.05) is 0 Å². The van der Waals surface area contributed by atoms with Gasteiger partial charge in [0.05, 0.1) is 63.5 Å². The average molecular weight is 853 g/mol. The SMILES string of the molecule is Clc1cc2c(cc1Cl)-c1nc-2nc2[n-]c(nc3nc(nc4[n-]c(n1)c1cc(Cl)c(Cl)cc41)-c1cc(Cl)c(Cl)cc1-3)c1cc(Cl)c(Cl)cc21.[Zn+2]. The first-order valence-corrected chi connectivity index (χ1v) is 16.7. The normalized spacial score (nSPS) is 11.9. The summed E-state index contributed by atoms with van der Waals surface area (Å²) in [5, 5.41) is 4.73. The van der Waals surface area contributed by atoms with Crippen LogP contribution in [0.3, 0.4) is 0 Å². The Hall–Kier alpha value is -2.82. The van der Waals surface area contributed by atoms with E-state index in [4.69, 9.17) is 133 Å². The Bertz CT molecular complexity index is 2430. The predicted molar refractivity (Wildman–Crippen MR) is 194 cm³/mol. The molecule has 0 fully saturated rings. The molecule has 49 heavy (non-hydrogen) atoms. The molecule has 8 nitrogen and oxygen atoms in total. The Morgan fingerprint density at radius 2 is 0.510 bits per heavy atom. The fourth-order valence-electron chi connectivity index (χ4n) is 5.63. The van der Waals surface area contributed by atoms with Gasteiger partial charge in [-0.15, -0.1) is 0 Å². The molecule has 7 aromatic rings. The molecule has 17 heteroatoms. The number of hydrogen-bond donors (Lipinski definition) is 0. The van der Waals surface area contributed by atoms with Crippen molar-refractivity contribution in [2.45, 2.75) is 0 Å². The van der Waals surface area contributed by atoms with Crippen LogP contribution in [0, 0.1) is 0 Å². The summed E-state index contributed by atoms with van der Waals surface area (Å²) in [6.07, 6.45) is 0. The third-order valence-electron chi connectivity index (χ3n) is 7.86. The van der Waals surface area contributed by atoms with E-state index in [1.54, 1.807) is 48.5 Å². The molecule has 0 saturated carbocycles. The fourth-order valence-corrected chi connectivity index (χ4v) is 6.94. The summed E-state index contributed by atoms with van der Waals surface area (Å²) in [6.45, 7) is 0. The Labute approximate surface area is 327 Å². The molecule has 234 valence electrons. The van der Waals surface area contributed by atoms with Gasteiger partial charge in [0, 0.05) is 44.8 Å². The van der Waals surface area contributed by atoms with Crippen molar-refractivity contribution in [3.8, 4) is 45.6 Å². The Morgan fingerprint density at radius 1 is 0.306 bits per heavy atom. The van der Waals surface area contributed by atoms with E-state index in [0.29, 0.717) is 84.0 Å². The van der Waals surface area contributed by atoms with E-state index in [1.165, 1.54) is 0 Å². The van der Waals surface area contributed by atoms with E-state index in [-0.39, 0.29) is 65.4 Å². The minimum Gasteiger partial charge on any atom is -0.357 e. The zero-order chi connectivity index (χ0) is 33.2. The van der Waals surface area contributed by atoms with Crippen LogP contribution in [0.15, 0.2) is 48.5 Å². The van der Waals surface area contributed by atoms with E-state index in [2.05, 4.69) is 0 Å². The number of hydrogen-bond acceptors (Lipinski definition) is 6. The van der Waals surface area contributed by atoms with Crippen LogP contribution in [0.5, 0.6) is 0 Å². The molecule has 0 saturated heterocycles. The molecule has 0 amide bonds. The first-order chi connectivity index (χ1) is 23.0. The monoisotopic (exact) mass is 848 g/mol. The summed E-state index contributed by atoms with van der Waals surface area (Å²) in [4.78, 5) is 38.6. The molecule has 4 aromatic carbocycles. The van der Waals surface area contributed by atoms with E-state index in [0.717, 1.165) is 0 Å². The zero-order valence-electron chi connectivity index (χ0n) is 23.9. The van der Waals surface area contributed by atoms with Crippen LogP contribution in [0.2, 0.25) is 40.2 Å². The second-order valence-electron chi connectivity index (χ2n) is 10.7. The van der Waals surface area contributed by atoms with Crippen LogP contribution >= 0.6 is 92.8 Å². The molecule has 0 N–H and O–H groups in total. The molecule has 3 aromatic heterocycles. The summed E-state index contributed by atoms with van der Waals surface area (Å²) < 4.78 is 0. The predicted octanol–water partition coefficient (Wildman–Crippen LogP) is 11.4. The van der Waals surface area contributed by atoms with E-state index in [9.17, 15) is 0 Å². The summed E-state index contributed by atoms with van der Waals surface area (Å²) >= 11 is 51.7. The second-order valence-corrected chi connectivity index (χ2v) is 14.0. The molecule has 9 rings (SSSR count). The van der Waals surface area contributed by atoms with Gasteiger partial charge in [-0.25, -0.2) is 9.97 Å². The molecule has 2 aliphatic heterocycles. The molecule has 0 unspecified atom stereocenters. The van der Waals surface area contributed by atoms with Gasteiger partial charge >= 0.3 is 19.5 Å². The van der Waals surface area contributed by atoms with Crippen molar-refractivity contribution in [1.82, 2.24) is 39.9 Å². The maximum Gasteiger partial charge on any atom is 2.00 e. The number of nitrogens with zero attached hydrogens (tertiary/aromatic N) is 8. The molecule has 0 atom stereocenters. The van der Waals surface area contributed by atoms with E-state index >= 15 is 0 Å². The van der Waals surface area contributed by atoms with Crippen LogP contribution in [0.25, 0.3) is 89.7 Å². The summed E-state index contributed by atoms with van der Waals surface area (Å²) in [5.41, 5.74) is 3.38. The maximum absolute atomic E-state index is 6.47. The number of rotatable bonds is 0. The largest absolute Gasteiger partial charge is 2.00 e. The third-order valence-corrected chi connectivity index (χ3v) is 10.8. The molecular weight excluding hydrogens is 845 g/mol. The first-order valence-electron chi connectivity index (χ1n) is 13.7. The van der Waals surface area contributed by atoms with Crippen LogP contribution in [-0.2, 0) is 19.5 Å². The zero-order valence-corrected chi connectivity index (χ0v) is 32.9. The number of halogens is 8. The number of aromatic nitrogens is 8. The Balaban J connectivity index is 0.00000348. The topological polar surface area (TPSA) is 106 Å². The van der Waals surface area contributed by atoms with Crippen molar-refractivity contribution in [3.63, 3.8) is 0 Å². The molecule has 5 heterocycles. The molecule has 8 bridgehead atoms. The van der Waals surface area contributed by atoms with Crippen molar-refractivity contribution >= 4 is 137 Å².